The summed E-state index contributed by atoms with van der Waals surface area (Å²) in [5.74, 6) is 0.542. The third-order valence-corrected chi connectivity index (χ3v) is 5.08. The van der Waals surface area contributed by atoms with Gasteiger partial charge in [-0.1, -0.05) is 49.3 Å². The second-order valence-electron chi connectivity index (χ2n) is 8.00. The van der Waals surface area contributed by atoms with Crippen LogP contribution in [0.4, 0.5) is 0 Å². The van der Waals surface area contributed by atoms with Gasteiger partial charge in [0.15, 0.2) is 0 Å². The molecule has 1 rings (SSSR count). The van der Waals surface area contributed by atoms with Gasteiger partial charge in [-0.2, -0.15) is 0 Å². The molecular formula is C22H36O3. The van der Waals surface area contributed by atoms with Crippen LogP contribution in [0, 0.1) is 11.8 Å². The standard InChI is InChI=1S/C22H36O3/c1-16(2)20-12-10-17(3)8-7-9-18(4)11-13-21(25-19(5)23)22(6,24)15-14-20/h8,11,14-16,20-21,24H,7,9-10,12-13H2,1-6H3/b15-14+,17-8+,18-11+/t20-,21-,22+/m1/s1. The summed E-state index contributed by atoms with van der Waals surface area (Å²) in [6.45, 7) is 11.8. The number of esters is 1. The monoisotopic (exact) mass is 348 g/mol. The average molecular weight is 349 g/mol. The Morgan fingerprint density at radius 1 is 1.24 bits per heavy atom. The summed E-state index contributed by atoms with van der Waals surface area (Å²) >= 11 is 0. The summed E-state index contributed by atoms with van der Waals surface area (Å²) in [6.07, 6.45) is 12.5. The van der Waals surface area contributed by atoms with Crippen LogP contribution in [-0.4, -0.2) is 22.8 Å². The summed E-state index contributed by atoms with van der Waals surface area (Å²) in [7, 11) is 0. The number of hydrogen-bond acceptors (Lipinski definition) is 3. The Morgan fingerprint density at radius 3 is 2.48 bits per heavy atom. The highest BCUT2D eigenvalue weighted by Crippen LogP contribution is 2.26. The van der Waals surface area contributed by atoms with Crippen molar-refractivity contribution in [3.63, 3.8) is 0 Å². The van der Waals surface area contributed by atoms with E-state index in [9.17, 15) is 9.90 Å². The van der Waals surface area contributed by atoms with E-state index in [2.05, 4.69) is 45.9 Å². The van der Waals surface area contributed by atoms with Gasteiger partial charge in [-0.15, -0.1) is 0 Å². The quantitative estimate of drug-likeness (QED) is 0.540. The number of rotatable bonds is 2. The third kappa shape index (κ3) is 8.04. The molecule has 3 atom stereocenters. The Hall–Kier alpha value is -1.35. The molecule has 142 valence electrons. The molecule has 25 heavy (non-hydrogen) atoms. The Kier molecular flexibility index (Phi) is 8.64. The smallest absolute Gasteiger partial charge is 0.303 e. The molecule has 1 N–H and O–H groups in total. The van der Waals surface area contributed by atoms with Crippen molar-refractivity contribution in [2.45, 2.75) is 85.4 Å². The molecule has 1 aliphatic carbocycles. The molecule has 0 spiro atoms. The number of allylic oxidation sites excluding steroid dienone is 4. The van der Waals surface area contributed by atoms with Crippen LogP contribution in [0.2, 0.25) is 0 Å². The molecule has 0 aromatic rings. The summed E-state index contributed by atoms with van der Waals surface area (Å²) in [6, 6.07) is 0. The van der Waals surface area contributed by atoms with E-state index in [1.165, 1.54) is 18.1 Å². The van der Waals surface area contributed by atoms with Crippen LogP contribution in [0.3, 0.4) is 0 Å². The van der Waals surface area contributed by atoms with Crippen molar-refractivity contribution in [3.8, 4) is 0 Å². The molecule has 3 nitrogen and oxygen atoms in total. The number of hydrogen-bond donors (Lipinski definition) is 1. The first-order valence-corrected chi connectivity index (χ1v) is 9.52. The van der Waals surface area contributed by atoms with Crippen molar-refractivity contribution in [2.75, 3.05) is 0 Å². The van der Waals surface area contributed by atoms with Crippen molar-refractivity contribution in [3.05, 3.63) is 35.5 Å². The lowest BCUT2D eigenvalue weighted by Crippen LogP contribution is -2.40. The number of ether oxygens (including phenoxy) is 1. The lowest BCUT2D eigenvalue weighted by atomic mass is 9.86. The fraction of sp³-hybridized carbons (Fsp3) is 0.682. The molecule has 0 aromatic carbocycles. The Labute approximate surface area is 153 Å². The van der Waals surface area contributed by atoms with Gasteiger partial charge in [0, 0.05) is 13.3 Å². The van der Waals surface area contributed by atoms with Gasteiger partial charge >= 0.3 is 5.97 Å². The van der Waals surface area contributed by atoms with E-state index in [4.69, 9.17) is 4.74 Å². The largest absolute Gasteiger partial charge is 0.459 e. The van der Waals surface area contributed by atoms with E-state index in [1.807, 2.05) is 6.08 Å². The Morgan fingerprint density at radius 2 is 1.88 bits per heavy atom. The zero-order chi connectivity index (χ0) is 19.0. The van der Waals surface area contributed by atoms with Gasteiger partial charge in [0.1, 0.15) is 11.7 Å². The topological polar surface area (TPSA) is 46.5 Å². The first kappa shape index (κ1) is 21.7. The first-order chi connectivity index (χ1) is 11.6. The minimum absolute atomic E-state index is 0.357. The Balaban J connectivity index is 3.13. The van der Waals surface area contributed by atoms with Crippen LogP contribution < -0.4 is 0 Å². The van der Waals surface area contributed by atoms with Crippen molar-refractivity contribution in [1.82, 2.24) is 0 Å². The van der Waals surface area contributed by atoms with Gasteiger partial charge in [-0.3, -0.25) is 4.79 Å². The maximum atomic E-state index is 11.5. The number of aliphatic hydroxyl groups is 1. The number of carbonyl (C=O) groups is 1. The van der Waals surface area contributed by atoms with Gasteiger partial charge in [0.05, 0.1) is 0 Å². The van der Waals surface area contributed by atoms with Crippen molar-refractivity contribution in [1.29, 1.82) is 0 Å². The fourth-order valence-corrected chi connectivity index (χ4v) is 3.14. The van der Waals surface area contributed by atoms with E-state index < -0.39 is 11.7 Å². The summed E-state index contributed by atoms with van der Waals surface area (Å²) in [5.41, 5.74) is 1.52. The molecule has 0 aromatic heterocycles. The lowest BCUT2D eigenvalue weighted by Gasteiger charge is -2.30. The third-order valence-electron chi connectivity index (χ3n) is 5.08. The fourth-order valence-electron chi connectivity index (χ4n) is 3.14. The van der Waals surface area contributed by atoms with E-state index in [0.717, 1.165) is 25.7 Å². The molecule has 0 amide bonds. The number of carbonyl (C=O) groups excluding carboxylic acids is 1. The highest BCUT2D eigenvalue weighted by Gasteiger charge is 2.31. The maximum absolute atomic E-state index is 11.5. The molecule has 0 saturated carbocycles. The second kappa shape index (κ2) is 9.96. The minimum Gasteiger partial charge on any atom is -0.459 e. The van der Waals surface area contributed by atoms with Crippen LogP contribution in [0.25, 0.3) is 0 Å². The zero-order valence-electron chi connectivity index (χ0n) is 16.8. The van der Waals surface area contributed by atoms with E-state index in [0.29, 0.717) is 18.3 Å². The van der Waals surface area contributed by atoms with Crippen LogP contribution in [0.5, 0.6) is 0 Å². The van der Waals surface area contributed by atoms with E-state index >= 15 is 0 Å². The summed E-state index contributed by atoms with van der Waals surface area (Å²) in [4.78, 5) is 11.5. The molecule has 0 radical (unpaired) electrons. The highest BCUT2D eigenvalue weighted by atomic mass is 16.6. The van der Waals surface area contributed by atoms with Crippen LogP contribution in [0.15, 0.2) is 35.5 Å². The predicted molar refractivity (Wildman–Crippen MR) is 104 cm³/mol. The van der Waals surface area contributed by atoms with Crippen molar-refractivity contribution < 1.29 is 14.6 Å². The SMILES string of the molecule is CC(=O)O[C@@H]1C/C=C(\C)CC/C=C(\C)CC[C@@H](C(C)C)/C=C/[C@]1(C)O. The maximum Gasteiger partial charge on any atom is 0.303 e. The molecule has 0 aliphatic heterocycles. The summed E-state index contributed by atoms with van der Waals surface area (Å²) in [5, 5.41) is 10.9. The average Bonchev–Trinajstić information content (AvgIpc) is 2.49. The molecule has 0 saturated heterocycles. The first-order valence-electron chi connectivity index (χ1n) is 9.52. The van der Waals surface area contributed by atoms with Gasteiger partial charge in [-0.05, 0) is 58.3 Å². The second-order valence-corrected chi connectivity index (χ2v) is 8.00. The van der Waals surface area contributed by atoms with Crippen LogP contribution in [0.1, 0.15) is 73.6 Å². The molecule has 3 heteroatoms. The molecule has 0 bridgehead atoms. The Bertz CT molecular complexity index is 523. The molecule has 0 unspecified atom stereocenters. The molecular weight excluding hydrogens is 312 g/mol. The molecule has 1 aliphatic rings. The van der Waals surface area contributed by atoms with Gasteiger partial charge in [0.2, 0.25) is 0 Å². The van der Waals surface area contributed by atoms with Crippen LogP contribution in [-0.2, 0) is 9.53 Å². The van der Waals surface area contributed by atoms with Crippen LogP contribution >= 0.6 is 0 Å². The normalized spacial score (nSPS) is 35.0. The molecule has 0 heterocycles. The van der Waals surface area contributed by atoms with E-state index in [-0.39, 0.29) is 5.97 Å². The molecule has 0 fully saturated rings. The van der Waals surface area contributed by atoms with Gasteiger partial charge in [-0.25, -0.2) is 0 Å². The van der Waals surface area contributed by atoms with E-state index in [1.54, 1.807) is 6.92 Å². The predicted octanol–water partition coefficient (Wildman–Crippen LogP) is 5.35. The zero-order valence-corrected chi connectivity index (χ0v) is 16.8. The minimum atomic E-state index is -1.18. The van der Waals surface area contributed by atoms with Gasteiger partial charge in [0.25, 0.3) is 0 Å². The summed E-state index contributed by atoms with van der Waals surface area (Å²) < 4.78 is 5.43. The lowest BCUT2D eigenvalue weighted by molar-refractivity contribution is -0.156. The highest BCUT2D eigenvalue weighted by molar-refractivity contribution is 5.66. The van der Waals surface area contributed by atoms with Crippen molar-refractivity contribution in [2.24, 2.45) is 11.8 Å². The van der Waals surface area contributed by atoms with Gasteiger partial charge < -0.3 is 9.84 Å². The van der Waals surface area contributed by atoms with Crippen molar-refractivity contribution >= 4 is 5.97 Å².